The van der Waals surface area contributed by atoms with Crippen molar-refractivity contribution in [3.63, 3.8) is 0 Å². The molecular formula is C65H82N12O8. The molecule has 3 unspecified atom stereocenters. The average molecular weight is 1160 g/mol. The van der Waals surface area contributed by atoms with Crippen LogP contribution in [0.4, 0.5) is 21.2 Å². The number of anilines is 2. The number of hydrogen-bond donors (Lipinski definition) is 0. The van der Waals surface area contributed by atoms with Gasteiger partial charge in [0.1, 0.15) is 35.5 Å². The molecule has 20 heteroatoms. The topological polar surface area (TPSA) is 198 Å². The van der Waals surface area contributed by atoms with E-state index in [1.165, 1.54) is 29.9 Å². The van der Waals surface area contributed by atoms with Crippen molar-refractivity contribution in [3.8, 4) is 0 Å². The van der Waals surface area contributed by atoms with E-state index in [4.69, 9.17) is 43.8 Å². The largest absolute Gasteiger partial charge is 0.453 e. The molecule has 8 heterocycles. The van der Waals surface area contributed by atoms with Crippen molar-refractivity contribution >= 4 is 73.4 Å². The molecule has 0 spiro atoms. The van der Waals surface area contributed by atoms with Gasteiger partial charge in [0.25, 0.3) is 0 Å². The van der Waals surface area contributed by atoms with Gasteiger partial charge in [0.15, 0.2) is 18.6 Å². The third-order valence-corrected chi connectivity index (χ3v) is 16.1. The number of para-hydroxylation sites is 2. The summed E-state index contributed by atoms with van der Waals surface area (Å²) >= 11 is 0. The van der Waals surface area contributed by atoms with Crippen LogP contribution in [-0.2, 0) is 34.9 Å². The maximum absolute atomic E-state index is 12.6. The summed E-state index contributed by atoms with van der Waals surface area (Å²) in [6.07, 6.45) is 12.7. The summed E-state index contributed by atoms with van der Waals surface area (Å²) in [7, 11) is 0. The number of fused-ring (bicyclic) bond motifs is 4. The lowest BCUT2D eigenvalue weighted by atomic mass is 9.92. The van der Waals surface area contributed by atoms with Crippen molar-refractivity contribution in [1.82, 2.24) is 49.3 Å². The molecule has 4 aromatic carbocycles. The molecule has 4 aliphatic heterocycles. The van der Waals surface area contributed by atoms with E-state index in [0.717, 1.165) is 118 Å². The predicted octanol–water partition coefficient (Wildman–Crippen LogP) is 12.0. The van der Waals surface area contributed by atoms with Crippen LogP contribution in [0.2, 0.25) is 0 Å². The summed E-state index contributed by atoms with van der Waals surface area (Å²) < 4.78 is 33.3. The van der Waals surface area contributed by atoms with Crippen LogP contribution in [-0.4, -0.2) is 144 Å². The van der Waals surface area contributed by atoms with Crippen molar-refractivity contribution in [2.24, 2.45) is 0 Å². The number of nitrogens with zero attached hydrogens (tertiary/aromatic N) is 12. The van der Waals surface area contributed by atoms with Crippen LogP contribution in [0.5, 0.6) is 0 Å². The van der Waals surface area contributed by atoms with Crippen molar-refractivity contribution in [2.75, 3.05) is 75.4 Å². The van der Waals surface area contributed by atoms with Crippen LogP contribution in [0.3, 0.4) is 0 Å². The van der Waals surface area contributed by atoms with Gasteiger partial charge in [0.05, 0.1) is 34.5 Å². The fourth-order valence-electron chi connectivity index (χ4n) is 12.0. The maximum atomic E-state index is 12.6. The van der Waals surface area contributed by atoms with Gasteiger partial charge in [0, 0.05) is 112 Å². The summed E-state index contributed by atoms with van der Waals surface area (Å²) in [5.74, 6) is 1.30. The number of rotatable bonds is 9. The Labute approximate surface area is 497 Å². The molecular weight excluding hydrogens is 1080 g/mol. The number of piperazine rings is 2. The Kier molecular flexibility index (Phi) is 17.9. The molecule has 12 rings (SSSR count). The Balaban J connectivity index is 0.000000188. The van der Waals surface area contributed by atoms with E-state index in [9.17, 15) is 14.4 Å². The summed E-state index contributed by atoms with van der Waals surface area (Å²) in [6.45, 7) is 23.2. The minimum absolute atomic E-state index is 0. The molecule has 3 atom stereocenters. The van der Waals surface area contributed by atoms with Crippen LogP contribution in [0.1, 0.15) is 146 Å². The molecule has 4 aromatic heterocycles. The molecule has 0 saturated carbocycles. The highest BCUT2D eigenvalue weighted by molar-refractivity contribution is 5.94. The Morgan fingerprint density at radius 2 is 1.08 bits per heavy atom. The Morgan fingerprint density at radius 3 is 1.60 bits per heavy atom. The van der Waals surface area contributed by atoms with Gasteiger partial charge in [-0.15, -0.1) is 0 Å². The van der Waals surface area contributed by atoms with Crippen LogP contribution < -0.4 is 9.80 Å². The third-order valence-electron chi connectivity index (χ3n) is 16.1. The average Bonchev–Trinajstić information content (AvgIpc) is 4.28. The lowest BCUT2D eigenvalue weighted by Gasteiger charge is -2.36. The lowest BCUT2D eigenvalue weighted by Crippen LogP contribution is -2.50. The molecule has 450 valence electrons. The Hall–Kier alpha value is -7.97. The van der Waals surface area contributed by atoms with Gasteiger partial charge < -0.3 is 43.3 Å². The van der Waals surface area contributed by atoms with Crippen molar-refractivity contribution in [1.29, 1.82) is 0 Å². The zero-order valence-corrected chi connectivity index (χ0v) is 50.0. The van der Waals surface area contributed by atoms with E-state index >= 15 is 0 Å². The first-order valence-corrected chi connectivity index (χ1v) is 29.6. The molecule has 0 bridgehead atoms. The highest BCUT2D eigenvalue weighted by Crippen LogP contribution is 2.40. The van der Waals surface area contributed by atoms with Crippen molar-refractivity contribution in [2.45, 2.75) is 144 Å². The van der Waals surface area contributed by atoms with Crippen LogP contribution in [0.15, 0.2) is 85.7 Å². The van der Waals surface area contributed by atoms with Gasteiger partial charge in [-0.3, -0.25) is 4.79 Å². The van der Waals surface area contributed by atoms with E-state index in [1.54, 1.807) is 22.5 Å². The zero-order valence-electron chi connectivity index (χ0n) is 50.0. The highest BCUT2D eigenvalue weighted by atomic mass is 16.6. The van der Waals surface area contributed by atoms with Gasteiger partial charge in [-0.05, 0) is 140 Å². The van der Waals surface area contributed by atoms with Gasteiger partial charge in [-0.2, -0.15) is 10.2 Å². The van der Waals surface area contributed by atoms with E-state index in [2.05, 4.69) is 67.8 Å². The molecule has 2 amide bonds. The fourth-order valence-corrected chi connectivity index (χ4v) is 12.0. The van der Waals surface area contributed by atoms with E-state index in [1.807, 2.05) is 89.8 Å². The van der Waals surface area contributed by atoms with Crippen LogP contribution >= 0.6 is 0 Å². The fraction of sp³-hybridized carbons (Fsp3) is 0.492. The smallest absolute Gasteiger partial charge is 0.410 e. The molecule has 4 saturated heterocycles. The Bertz CT molecular complexity index is 3690. The van der Waals surface area contributed by atoms with Gasteiger partial charge in [-0.1, -0.05) is 43.8 Å². The summed E-state index contributed by atoms with van der Waals surface area (Å²) in [5, 5.41) is 13.5. The SMILES string of the molecule is C.CC(=O)OC(c1c(C)ccc2c1cnn2C1CCCCO1)c1cccc2c(N3CCN(C(=O)OC(C)(C)C)CC3)ncnc12.Cc1ccc2c(cnn2C2CCCCO2)c1Cc1cccc2c(N3CCN(C(=O)OC(C)(C)C)CC3)ncnc12. The van der Waals surface area contributed by atoms with Crippen LogP contribution in [0.25, 0.3) is 43.6 Å². The molecule has 85 heavy (non-hydrogen) atoms. The minimum Gasteiger partial charge on any atom is -0.453 e. The summed E-state index contributed by atoms with van der Waals surface area (Å²) in [5.41, 5.74) is 8.96. The zero-order chi connectivity index (χ0) is 58.9. The maximum Gasteiger partial charge on any atom is 0.410 e. The molecule has 0 radical (unpaired) electrons. The third kappa shape index (κ3) is 13.1. The molecule has 0 aliphatic carbocycles. The normalized spacial score (nSPS) is 18.2. The Morgan fingerprint density at radius 1 is 0.588 bits per heavy atom. The molecule has 0 N–H and O–H groups in total. The van der Waals surface area contributed by atoms with Crippen LogP contribution in [0, 0.1) is 13.8 Å². The molecule has 4 aliphatic rings. The number of aryl methyl sites for hydroxylation is 2. The standard InChI is InChI=1S/C33H40N6O5.C31H38N6O3.CH4/c1-21-12-13-26-25(19-36-39(26)27-11-6-7-18-42-27)28(21)30(43-22(2)40)23-9-8-10-24-29(23)34-20-35-31(24)37-14-16-38(17-15-37)32(41)44-33(3,4)5;1-21-11-12-26-25(19-34-37(26)27-10-5-6-17-39-27)24(21)18-22-8-7-9-23-28(22)32-20-33-29(23)35-13-15-36(16-14-35)30(38)40-31(2,3)4;/h8-10,12-13,19-20,27,30H,6-7,11,14-18H2,1-5H3;7-9,11-12,19-20,27H,5-6,10,13-18H2,1-4H3;1H4. The van der Waals surface area contributed by atoms with E-state index in [-0.39, 0.29) is 38.0 Å². The van der Waals surface area contributed by atoms with Gasteiger partial charge in [0.2, 0.25) is 0 Å². The quantitative estimate of drug-likeness (QED) is 0.0976. The minimum atomic E-state index is -0.711. The summed E-state index contributed by atoms with van der Waals surface area (Å²) in [6, 6.07) is 20.7. The number of amides is 2. The lowest BCUT2D eigenvalue weighted by molar-refractivity contribution is -0.144. The van der Waals surface area contributed by atoms with Gasteiger partial charge in [-0.25, -0.2) is 38.9 Å². The van der Waals surface area contributed by atoms with E-state index < -0.39 is 17.3 Å². The first-order valence-electron chi connectivity index (χ1n) is 29.6. The second-order valence-electron chi connectivity index (χ2n) is 24.4. The number of carbonyl (C=O) groups is 3. The number of benzene rings is 4. The number of esters is 1. The summed E-state index contributed by atoms with van der Waals surface area (Å²) in [4.78, 5) is 64.5. The number of aromatic nitrogens is 8. The molecule has 20 nitrogen and oxygen atoms in total. The number of ether oxygens (including phenoxy) is 5. The highest BCUT2D eigenvalue weighted by Gasteiger charge is 2.32. The van der Waals surface area contributed by atoms with Crippen molar-refractivity contribution < 1.29 is 38.1 Å². The second-order valence-corrected chi connectivity index (χ2v) is 24.4. The molecule has 8 aromatic rings. The monoisotopic (exact) mass is 1160 g/mol. The van der Waals surface area contributed by atoms with Crippen molar-refractivity contribution in [3.05, 3.63) is 119 Å². The predicted molar refractivity (Wildman–Crippen MR) is 329 cm³/mol. The number of carbonyl (C=O) groups excluding carboxylic acids is 3. The number of hydrogen-bond acceptors (Lipinski definition) is 16. The first kappa shape index (κ1) is 60.2. The molecule has 4 fully saturated rings. The van der Waals surface area contributed by atoms with E-state index in [0.29, 0.717) is 57.9 Å². The second kappa shape index (κ2) is 25.3. The van der Waals surface area contributed by atoms with Gasteiger partial charge >= 0.3 is 18.2 Å². The first-order chi connectivity index (χ1) is 40.4.